The van der Waals surface area contributed by atoms with Crippen molar-refractivity contribution in [1.82, 2.24) is 5.43 Å². The Labute approximate surface area is 178 Å². The third-order valence-corrected chi connectivity index (χ3v) is 5.83. The van der Waals surface area contributed by atoms with Crippen molar-refractivity contribution < 1.29 is 14.3 Å². The van der Waals surface area contributed by atoms with Gasteiger partial charge in [-0.1, -0.05) is 36.4 Å². The number of carbonyl (C=O) groups excluding carboxylic acids is 2. The van der Waals surface area contributed by atoms with Crippen molar-refractivity contribution in [3.63, 3.8) is 0 Å². The zero-order chi connectivity index (χ0) is 20.9. The molecule has 0 aliphatic heterocycles. The lowest BCUT2D eigenvalue weighted by molar-refractivity contribution is -0.121. The van der Waals surface area contributed by atoms with Crippen molar-refractivity contribution in [2.24, 2.45) is 5.10 Å². The molecule has 6 heteroatoms. The average Bonchev–Trinajstić information content (AvgIpc) is 3.20. The van der Waals surface area contributed by atoms with Gasteiger partial charge in [0.1, 0.15) is 5.75 Å². The van der Waals surface area contributed by atoms with Gasteiger partial charge in [-0.3, -0.25) is 9.59 Å². The third kappa shape index (κ3) is 4.39. The summed E-state index contributed by atoms with van der Waals surface area (Å²) in [4.78, 5) is 24.5. The molecule has 0 unspecified atom stereocenters. The van der Waals surface area contributed by atoms with E-state index in [1.165, 1.54) is 4.70 Å². The normalized spacial score (nSPS) is 11.2. The zero-order valence-electron chi connectivity index (χ0n) is 16.4. The minimum absolute atomic E-state index is 0.0734. The molecule has 4 aromatic rings. The molecule has 0 spiro atoms. The highest BCUT2D eigenvalue weighted by atomic mass is 32.1. The fourth-order valence-electron chi connectivity index (χ4n) is 3.22. The number of rotatable bonds is 7. The number of hydrogen-bond acceptors (Lipinski definition) is 5. The van der Waals surface area contributed by atoms with Crippen LogP contribution < -0.4 is 10.2 Å². The van der Waals surface area contributed by atoms with E-state index in [4.69, 9.17) is 4.74 Å². The summed E-state index contributed by atoms with van der Waals surface area (Å²) in [6.07, 6.45) is 1.85. The molecule has 3 aromatic carbocycles. The van der Waals surface area contributed by atoms with Gasteiger partial charge in [-0.2, -0.15) is 5.10 Å². The van der Waals surface area contributed by atoms with Crippen LogP contribution in [0, 0.1) is 0 Å². The molecule has 0 fully saturated rings. The molecular formula is C24H20N2O3S. The van der Waals surface area contributed by atoms with Crippen LogP contribution in [-0.2, 0) is 4.79 Å². The number of nitrogens with one attached hydrogen (secondary N) is 1. The molecule has 5 nitrogen and oxygen atoms in total. The Balaban J connectivity index is 1.33. The van der Waals surface area contributed by atoms with Gasteiger partial charge in [0.15, 0.2) is 5.78 Å². The third-order valence-electron chi connectivity index (χ3n) is 4.85. The molecule has 0 aliphatic rings. The summed E-state index contributed by atoms with van der Waals surface area (Å²) in [5.41, 5.74) is 4.05. The summed E-state index contributed by atoms with van der Waals surface area (Å²) in [5.74, 6) is 0.412. The van der Waals surface area contributed by atoms with Crippen molar-refractivity contribution in [3.8, 4) is 5.75 Å². The number of benzene rings is 3. The number of hydrogen-bond donors (Lipinski definition) is 1. The monoisotopic (exact) mass is 416 g/mol. The fraction of sp³-hybridized carbons (Fsp3) is 0.125. The molecule has 30 heavy (non-hydrogen) atoms. The van der Waals surface area contributed by atoms with E-state index in [-0.39, 0.29) is 24.5 Å². The largest absolute Gasteiger partial charge is 0.497 e. The number of Topliss-reactive ketones (excluding diaryl/α,β-unsaturated/α-hetero) is 1. The van der Waals surface area contributed by atoms with Crippen molar-refractivity contribution in [1.29, 1.82) is 0 Å². The van der Waals surface area contributed by atoms with Crippen LogP contribution in [0.5, 0.6) is 5.75 Å². The summed E-state index contributed by atoms with van der Waals surface area (Å²) >= 11 is 1.63. The molecule has 150 valence electrons. The molecule has 1 N–H and O–H groups in total. The minimum atomic E-state index is -0.287. The number of amides is 1. The number of ketones is 1. The van der Waals surface area contributed by atoms with Crippen LogP contribution in [0.25, 0.3) is 20.9 Å². The molecule has 0 radical (unpaired) electrons. The van der Waals surface area contributed by atoms with Crippen LogP contribution in [0.2, 0.25) is 0 Å². The van der Waals surface area contributed by atoms with E-state index >= 15 is 0 Å². The lowest BCUT2D eigenvalue weighted by Gasteiger charge is -2.05. The summed E-state index contributed by atoms with van der Waals surface area (Å²) in [5, 5.41) is 9.09. The Hall–Kier alpha value is -3.51. The van der Waals surface area contributed by atoms with E-state index in [1.807, 2.05) is 60.0 Å². The highest BCUT2D eigenvalue weighted by Crippen LogP contribution is 2.24. The SMILES string of the molecule is COc1ccc2cc(C(=O)CCC(=O)N/N=C/c3csc4ccccc34)ccc2c1. The summed E-state index contributed by atoms with van der Waals surface area (Å²) in [6.45, 7) is 0. The number of carbonyl (C=O) groups is 2. The van der Waals surface area contributed by atoms with Crippen molar-refractivity contribution >= 4 is 50.1 Å². The van der Waals surface area contributed by atoms with Gasteiger partial charge in [-0.25, -0.2) is 5.43 Å². The maximum Gasteiger partial charge on any atom is 0.240 e. The van der Waals surface area contributed by atoms with Crippen LogP contribution in [0.15, 0.2) is 71.1 Å². The molecular weight excluding hydrogens is 396 g/mol. The molecule has 0 aliphatic carbocycles. The first-order valence-corrected chi connectivity index (χ1v) is 10.4. The molecule has 0 bridgehead atoms. The van der Waals surface area contributed by atoms with Gasteiger partial charge in [-0.15, -0.1) is 11.3 Å². The fourth-order valence-corrected chi connectivity index (χ4v) is 4.14. The smallest absolute Gasteiger partial charge is 0.240 e. The lowest BCUT2D eigenvalue weighted by Crippen LogP contribution is -2.18. The van der Waals surface area contributed by atoms with Gasteiger partial charge in [0.2, 0.25) is 5.91 Å². The van der Waals surface area contributed by atoms with Crippen LogP contribution in [0.1, 0.15) is 28.8 Å². The van der Waals surface area contributed by atoms with E-state index in [9.17, 15) is 9.59 Å². The van der Waals surface area contributed by atoms with E-state index in [0.29, 0.717) is 5.56 Å². The predicted molar refractivity (Wildman–Crippen MR) is 122 cm³/mol. The second-order valence-corrected chi connectivity index (χ2v) is 7.74. The number of nitrogens with zero attached hydrogens (tertiary/aromatic N) is 1. The van der Waals surface area contributed by atoms with Crippen molar-refractivity contribution in [2.45, 2.75) is 12.8 Å². The van der Waals surface area contributed by atoms with E-state index in [1.54, 1.807) is 30.7 Å². The van der Waals surface area contributed by atoms with Gasteiger partial charge in [0.25, 0.3) is 0 Å². The zero-order valence-corrected chi connectivity index (χ0v) is 17.2. The van der Waals surface area contributed by atoms with Crippen molar-refractivity contribution in [3.05, 3.63) is 77.2 Å². The quantitative estimate of drug-likeness (QED) is 0.257. The van der Waals surface area contributed by atoms with E-state index in [0.717, 1.165) is 27.5 Å². The second kappa shape index (κ2) is 8.88. The first kappa shape index (κ1) is 19.8. The summed E-state index contributed by atoms with van der Waals surface area (Å²) < 4.78 is 6.39. The summed E-state index contributed by atoms with van der Waals surface area (Å²) in [7, 11) is 1.62. The van der Waals surface area contributed by atoms with Crippen LogP contribution in [-0.4, -0.2) is 25.0 Å². The molecule has 4 rings (SSSR count). The van der Waals surface area contributed by atoms with Gasteiger partial charge in [0.05, 0.1) is 13.3 Å². The first-order valence-electron chi connectivity index (χ1n) is 9.53. The Bertz CT molecular complexity index is 1260. The molecule has 1 amide bonds. The van der Waals surface area contributed by atoms with Crippen molar-refractivity contribution in [2.75, 3.05) is 7.11 Å². The number of ether oxygens (including phenoxy) is 1. The lowest BCUT2D eigenvalue weighted by atomic mass is 10.0. The Morgan fingerprint density at radius 3 is 2.70 bits per heavy atom. The predicted octanol–water partition coefficient (Wildman–Crippen LogP) is 5.18. The van der Waals surface area contributed by atoms with E-state index < -0.39 is 0 Å². The first-order chi connectivity index (χ1) is 14.6. The van der Waals surface area contributed by atoms with Crippen LogP contribution in [0.4, 0.5) is 0 Å². The number of fused-ring (bicyclic) bond motifs is 2. The molecule has 0 saturated heterocycles. The average molecular weight is 417 g/mol. The molecule has 1 heterocycles. The summed E-state index contributed by atoms with van der Waals surface area (Å²) in [6, 6.07) is 19.2. The maximum absolute atomic E-state index is 12.5. The number of hydrazone groups is 1. The molecule has 0 atom stereocenters. The van der Waals surface area contributed by atoms with Crippen LogP contribution in [0.3, 0.4) is 0 Å². The molecule has 1 aromatic heterocycles. The highest BCUT2D eigenvalue weighted by Gasteiger charge is 2.10. The number of methoxy groups -OCH3 is 1. The molecule has 0 saturated carbocycles. The Morgan fingerprint density at radius 2 is 1.83 bits per heavy atom. The standard InChI is InChI=1S/C24H20N2O3S/c1-29-20-9-8-16-12-18(7-6-17(16)13-20)22(27)10-11-24(28)26-25-14-19-15-30-23-5-3-2-4-21(19)23/h2-9,12-15H,10-11H2,1H3,(H,26,28)/b25-14+. The Kier molecular flexibility index (Phi) is 5.86. The second-order valence-electron chi connectivity index (χ2n) is 6.83. The van der Waals surface area contributed by atoms with Gasteiger partial charge < -0.3 is 4.74 Å². The highest BCUT2D eigenvalue weighted by molar-refractivity contribution is 7.17. The number of thiophene rings is 1. The maximum atomic E-state index is 12.5. The van der Waals surface area contributed by atoms with Gasteiger partial charge >= 0.3 is 0 Å². The Morgan fingerprint density at radius 1 is 1.03 bits per heavy atom. The minimum Gasteiger partial charge on any atom is -0.497 e. The topological polar surface area (TPSA) is 67.8 Å². The van der Waals surface area contributed by atoms with Crippen LogP contribution >= 0.6 is 11.3 Å². The van der Waals surface area contributed by atoms with E-state index in [2.05, 4.69) is 10.5 Å². The van der Waals surface area contributed by atoms with Gasteiger partial charge in [0, 0.05) is 39.4 Å². The van der Waals surface area contributed by atoms with Gasteiger partial charge in [-0.05, 0) is 35.0 Å².